The van der Waals surface area contributed by atoms with E-state index in [4.69, 9.17) is 0 Å². The molecule has 1 aromatic carbocycles. The summed E-state index contributed by atoms with van der Waals surface area (Å²) in [5, 5.41) is 6.23. The molecule has 1 atom stereocenters. The van der Waals surface area contributed by atoms with Crippen LogP contribution in [0.2, 0.25) is 0 Å². The second-order valence-electron chi connectivity index (χ2n) is 5.10. The first-order valence-corrected chi connectivity index (χ1v) is 7.26. The quantitative estimate of drug-likeness (QED) is 0.791. The van der Waals surface area contributed by atoms with Crippen LogP contribution < -0.4 is 10.6 Å². The van der Waals surface area contributed by atoms with Gasteiger partial charge in [-0.3, -0.25) is 4.79 Å². The van der Waals surface area contributed by atoms with E-state index in [-0.39, 0.29) is 17.5 Å². The third-order valence-corrected chi connectivity index (χ3v) is 3.69. The molecule has 0 fully saturated rings. The van der Waals surface area contributed by atoms with Gasteiger partial charge in [-0.2, -0.15) is 0 Å². The van der Waals surface area contributed by atoms with E-state index in [1.807, 2.05) is 45.0 Å². The zero-order valence-electron chi connectivity index (χ0n) is 11.4. The van der Waals surface area contributed by atoms with E-state index in [0.29, 0.717) is 0 Å². The molecule has 0 aliphatic carbocycles. The van der Waals surface area contributed by atoms with E-state index < -0.39 is 0 Å². The van der Waals surface area contributed by atoms with Gasteiger partial charge >= 0.3 is 0 Å². The Kier molecular flexibility index (Phi) is 5.44. The normalized spacial score (nSPS) is 12.9. The zero-order valence-corrected chi connectivity index (χ0v) is 13.5. The molecule has 0 heterocycles. The molecule has 0 aliphatic heterocycles. The van der Waals surface area contributed by atoms with Crippen LogP contribution in [0.4, 0.5) is 5.69 Å². The molecule has 0 spiro atoms. The lowest BCUT2D eigenvalue weighted by Crippen LogP contribution is -2.48. The summed E-state index contributed by atoms with van der Waals surface area (Å²) < 4.78 is 1.18. The minimum Gasteiger partial charge on any atom is -0.374 e. The molecule has 1 rings (SSSR count). The second kappa shape index (κ2) is 6.41. The fraction of sp³-hybridized carbons (Fsp3) is 0.500. The van der Waals surface area contributed by atoms with Crippen molar-refractivity contribution in [2.75, 3.05) is 5.32 Å². The Morgan fingerprint density at radius 2 is 1.89 bits per heavy atom. The Balaban J connectivity index is 2.57. The standard InChI is InChI=1S/C14H21IN2O/c1-5-14(3,4)17-13(18)10(2)16-12-8-6-11(15)7-9-12/h6-10,16H,5H2,1-4H3,(H,17,18). The number of halogens is 1. The predicted molar refractivity (Wildman–Crippen MR) is 84.8 cm³/mol. The van der Waals surface area contributed by atoms with Crippen molar-refractivity contribution in [2.45, 2.75) is 45.7 Å². The average molecular weight is 360 g/mol. The van der Waals surface area contributed by atoms with Crippen molar-refractivity contribution in [3.8, 4) is 0 Å². The van der Waals surface area contributed by atoms with E-state index in [2.05, 4.69) is 40.1 Å². The van der Waals surface area contributed by atoms with Gasteiger partial charge in [-0.05, 0) is 74.0 Å². The molecule has 100 valence electrons. The number of hydrogen-bond acceptors (Lipinski definition) is 2. The second-order valence-corrected chi connectivity index (χ2v) is 6.35. The number of benzene rings is 1. The van der Waals surface area contributed by atoms with E-state index >= 15 is 0 Å². The van der Waals surface area contributed by atoms with Gasteiger partial charge < -0.3 is 10.6 Å². The van der Waals surface area contributed by atoms with Gasteiger partial charge in [0.05, 0.1) is 0 Å². The Morgan fingerprint density at radius 1 is 1.33 bits per heavy atom. The smallest absolute Gasteiger partial charge is 0.242 e. The van der Waals surface area contributed by atoms with Gasteiger partial charge in [-0.25, -0.2) is 0 Å². The van der Waals surface area contributed by atoms with Crippen molar-refractivity contribution in [1.29, 1.82) is 0 Å². The summed E-state index contributed by atoms with van der Waals surface area (Å²) in [4.78, 5) is 12.0. The number of rotatable bonds is 5. The molecule has 1 amide bonds. The third kappa shape index (κ3) is 4.84. The number of hydrogen-bond donors (Lipinski definition) is 2. The van der Waals surface area contributed by atoms with Gasteiger partial charge in [0.2, 0.25) is 5.91 Å². The number of carbonyl (C=O) groups is 1. The Morgan fingerprint density at radius 3 is 2.39 bits per heavy atom. The number of anilines is 1. The van der Waals surface area contributed by atoms with Crippen LogP contribution in [0.1, 0.15) is 34.1 Å². The van der Waals surface area contributed by atoms with Crippen molar-refractivity contribution in [2.24, 2.45) is 0 Å². The molecule has 1 unspecified atom stereocenters. The minimum absolute atomic E-state index is 0.0281. The number of carbonyl (C=O) groups excluding carboxylic acids is 1. The molecule has 0 bridgehead atoms. The largest absolute Gasteiger partial charge is 0.374 e. The van der Waals surface area contributed by atoms with Crippen molar-refractivity contribution in [1.82, 2.24) is 5.32 Å². The highest BCUT2D eigenvalue weighted by Crippen LogP contribution is 2.13. The van der Waals surface area contributed by atoms with Gasteiger partial charge in [-0.1, -0.05) is 6.92 Å². The Labute approximate surface area is 123 Å². The van der Waals surface area contributed by atoms with Gasteiger partial charge in [0.15, 0.2) is 0 Å². The topological polar surface area (TPSA) is 41.1 Å². The van der Waals surface area contributed by atoms with Crippen LogP contribution in [-0.2, 0) is 4.79 Å². The molecule has 18 heavy (non-hydrogen) atoms. The predicted octanol–water partition coefficient (Wildman–Crippen LogP) is 3.40. The highest BCUT2D eigenvalue weighted by atomic mass is 127. The summed E-state index contributed by atoms with van der Waals surface area (Å²) in [6.07, 6.45) is 0.912. The summed E-state index contributed by atoms with van der Waals surface area (Å²) in [5.74, 6) is 0.0281. The lowest BCUT2D eigenvalue weighted by molar-refractivity contribution is -0.123. The van der Waals surface area contributed by atoms with Crippen LogP contribution >= 0.6 is 22.6 Å². The average Bonchev–Trinajstić information content (AvgIpc) is 2.31. The summed E-state index contributed by atoms with van der Waals surface area (Å²) >= 11 is 2.26. The monoisotopic (exact) mass is 360 g/mol. The molecule has 1 aromatic rings. The highest BCUT2D eigenvalue weighted by Gasteiger charge is 2.21. The molecule has 3 nitrogen and oxygen atoms in total. The number of amides is 1. The van der Waals surface area contributed by atoms with Crippen molar-refractivity contribution >= 4 is 34.2 Å². The maximum absolute atomic E-state index is 12.0. The van der Waals surface area contributed by atoms with Crippen molar-refractivity contribution in [3.05, 3.63) is 27.8 Å². The minimum atomic E-state index is -0.240. The Bertz CT molecular complexity index is 401. The number of nitrogens with one attached hydrogen (secondary N) is 2. The van der Waals surface area contributed by atoms with E-state index in [1.165, 1.54) is 3.57 Å². The van der Waals surface area contributed by atoms with E-state index in [1.54, 1.807) is 0 Å². The summed E-state index contributed by atoms with van der Waals surface area (Å²) in [5.41, 5.74) is 0.811. The molecule has 0 aromatic heterocycles. The lowest BCUT2D eigenvalue weighted by atomic mass is 10.0. The molecule has 0 radical (unpaired) electrons. The SMILES string of the molecule is CCC(C)(C)NC(=O)C(C)Nc1ccc(I)cc1. The first-order chi connectivity index (χ1) is 8.34. The van der Waals surface area contributed by atoms with Crippen molar-refractivity contribution in [3.63, 3.8) is 0 Å². The van der Waals surface area contributed by atoms with Gasteiger partial charge in [-0.15, -0.1) is 0 Å². The summed E-state index contributed by atoms with van der Waals surface area (Å²) in [7, 11) is 0. The molecule has 0 saturated heterocycles. The van der Waals surface area contributed by atoms with Crippen LogP contribution in [0.3, 0.4) is 0 Å². The van der Waals surface area contributed by atoms with Crippen LogP contribution in [0.15, 0.2) is 24.3 Å². The van der Waals surface area contributed by atoms with Crippen LogP contribution in [0, 0.1) is 3.57 Å². The van der Waals surface area contributed by atoms with Gasteiger partial charge in [0.1, 0.15) is 6.04 Å². The molecule has 0 aliphatic rings. The molecule has 2 N–H and O–H groups in total. The maximum Gasteiger partial charge on any atom is 0.242 e. The molecular weight excluding hydrogens is 339 g/mol. The van der Waals surface area contributed by atoms with Crippen LogP contribution in [0.5, 0.6) is 0 Å². The van der Waals surface area contributed by atoms with Crippen LogP contribution in [-0.4, -0.2) is 17.5 Å². The van der Waals surface area contributed by atoms with Crippen molar-refractivity contribution < 1.29 is 4.79 Å². The maximum atomic E-state index is 12.0. The zero-order chi connectivity index (χ0) is 13.8. The van der Waals surface area contributed by atoms with Crippen LogP contribution in [0.25, 0.3) is 0 Å². The fourth-order valence-corrected chi connectivity index (χ4v) is 1.75. The first kappa shape index (κ1) is 15.3. The van der Waals surface area contributed by atoms with E-state index in [0.717, 1.165) is 12.1 Å². The highest BCUT2D eigenvalue weighted by molar-refractivity contribution is 14.1. The van der Waals surface area contributed by atoms with Gasteiger partial charge in [0.25, 0.3) is 0 Å². The summed E-state index contributed by atoms with van der Waals surface area (Å²) in [6, 6.07) is 7.76. The van der Waals surface area contributed by atoms with Gasteiger partial charge in [0, 0.05) is 14.8 Å². The third-order valence-electron chi connectivity index (χ3n) is 2.97. The summed E-state index contributed by atoms with van der Waals surface area (Å²) in [6.45, 7) is 8.00. The molecule has 4 heteroatoms. The first-order valence-electron chi connectivity index (χ1n) is 6.18. The van der Waals surface area contributed by atoms with E-state index in [9.17, 15) is 4.79 Å². The lowest BCUT2D eigenvalue weighted by Gasteiger charge is -2.27. The Hall–Kier alpha value is -0.780. The molecule has 0 saturated carbocycles. The molecular formula is C14H21IN2O. The fourth-order valence-electron chi connectivity index (χ4n) is 1.39.